The van der Waals surface area contributed by atoms with Crippen LogP contribution in [0.1, 0.15) is 42.5 Å². The minimum atomic E-state index is -0.432. The lowest BCUT2D eigenvalue weighted by molar-refractivity contribution is 0.0211. The van der Waals surface area contributed by atoms with Crippen LogP contribution >= 0.6 is 0 Å². The van der Waals surface area contributed by atoms with Crippen molar-refractivity contribution in [3.8, 4) is 0 Å². The molecule has 1 aliphatic carbocycles. The van der Waals surface area contributed by atoms with Gasteiger partial charge in [0.25, 0.3) is 0 Å². The second kappa shape index (κ2) is 8.23. The van der Waals surface area contributed by atoms with Crippen molar-refractivity contribution in [1.29, 1.82) is 0 Å². The van der Waals surface area contributed by atoms with E-state index in [1.165, 1.54) is 25.0 Å². The van der Waals surface area contributed by atoms with Crippen LogP contribution in [0.25, 0.3) is 0 Å². The van der Waals surface area contributed by atoms with Gasteiger partial charge in [-0.15, -0.1) is 0 Å². The highest BCUT2D eigenvalue weighted by Gasteiger charge is 2.18. The number of esters is 1. The van der Waals surface area contributed by atoms with E-state index >= 15 is 0 Å². The molecule has 3 rings (SSSR count). The maximum absolute atomic E-state index is 12.2. The number of aromatic nitrogens is 2. The lowest BCUT2D eigenvalue weighted by atomic mass is 9.98. The molecule has 25 heavy (non-hydrogen) atoms. The Morgan fingerprint density at radius 1 is 1.00 bits per heavy atom. The second-order valence-electron chi connectivity index (χ2n) is 5.91. The van der Waals surface area contributed by atoms with E-state index in [4.69, 9.17) is 4.74 Å². The predicted octanol–water partition coefficient (Wildman–Crippen LogP) is 3.61. The van der Waals surface area contributed by atoms with E-state index in [1.54, 1.807) is 24.3 Å². The van der Waals surface area contributed by atoms with E-state index in [1.807, 2.05) is 0 Å². The molecule has 1 aromatic carbocycles. The Morgan fingerprint density at radius 2 is 1.76 bits per heavy atom. The first-order chi connectivity index (χ1) is 12.2. The lowest BCUT2D eigenvalue weighted by Crippen LogP contribution is -2.21. The fraction of sp³-hybridized carbons (Fsp3) is 0.333. The van der Waals surface area contributed by atoms with E-state index in [2.05, 4.69) is 20.6 Å². The molecule has 130 valence electrons. The molecule has 7 nitrogen and oxygen atoms in total. The highest BCUT2D eigenvalue weighted by molar-refractivity contribution is 5.99. The summed E-state index contributed by atoms with van der Waals surface area (Å²) in [4.78, 5) is 31.9. The van der Waals surface area contributed by atoms with Crippen LogP contribution in [0.15, 0.2) is 42.9 Å². The van der Waals surface area contributed by atoms with Crippen LogP contribution in [-0.4, -0.2) is 28.1 Å². The summed E-state index contributed by atoms with van der Waals surface area (Å²) in [6, 6.07) is 6.17. The highest BCUT2D eigenvalue weighted by Crippen LogP contribution is 2.21. The SMILES string of the molecule is O=C(Nc1ccc(C(=O)OC2CCCCC2)cc1)Nc1cnccn1. The first-order valence-electron chi connectivity index (χ1n) is 8.36. The Bertz CT molecular complexity index is 713. The number of nitrogens with one attached hydrogen (secondary N) is 2. The number of carbonyl (C=O) groups is 2. The van der Waals surface area contributed by atoms with E-state index in [0.29, 0.717) is 17.1 Å². The minimum Gasteiger partial charge on any atom is -0.459 e. The van der Waals surface area contributed by atoms with E-state index in [-0.39, 0.29) is 12.1 Å². The normalized spacial score (nSPS) is 14.6. The van der Waals surface area contributed by atoms with Crippen LogP contribution in [-0.2, 0) is 4.74 Å². The van der Waals surface area contributed by atoms with Crippen LogP contribution in [0.4, 0.5) is 16.3 Å². The molecule has 1 aliphatic rings. The summed E-state index contributed by atoms with van der Waals surface area (Å²) in [5.41, 5.74) is 1.04. The molecule has 2 amide bonds. The quantitative estimate of drug-likeness (QED) is 0.829. The van der Waals surface area contributed by atoms with Gasteiger partial charge in [0, 0.05) is 18.1 Å². The summed E-state index contributed by atoms with van der Waals surface area (Å²) in [6.45, 7) is 0. The molecular formula is C18H20N4O3. The summed E-state index contributed by atoms with van der Waals surface area (Å²) in [6.07, 6.45) is 9.80. The van der Waals surface area contributed by atoms with Gasteiger partial charge in [0.1, 0.15) is 6.10 Å². The maximum Gasteiger partial charge on any atom is 0.338 e. The number of nitrogens with zero attached hydrogens (tertiary/aromatic N) is 2. The molecule has 2 N–H and O–H groups in total. The summed E-state index contributed by atoms with van der Waals surface area (Å²) in [5.74, 6) is 0.0372. The monoisotopic (exact) mass is 340 g/mol. The van der Waals surface area contributed by atoms with Crippen LogP contribution in [0.5, 0.6) is 0 Å². The van der Waals surface area contributed by atoms with Crippen LogP contribution in [0, 0.1) is 0 Å². The number of hydrogen-bond donors (Lipinski definition) is 2. The van der Waals surface area contributed by atoms with Crippen molar-refractivity contribution in [2.75, 3.05) is 10.6 Å². The van der Waals surface area contributed by atoms with Crippen molar-refractivity contribution in [2.45, 2.75) is 38.2 Å². The number of benzene rings is 1. The molecule has 1 aromatic heterocycles. The third-order valence-electron chi connectivity index (χ3n) is 4.01. The van der Waals surface area contributed by atoms with E-state index < -0.39 is 6.03 Å². The molecule has 7 heteroatoms. The zero-order valence-electron chi connectivity index (χ0n) is 13.8. The standard InChI is InChI=1S/C18H20N4O3/c23-17(25-15-4-2-1-3-5-15)13-6-8-14(9-7-13)21-18(24)22-16-12-19-10-11-20-16/h6-12,15H,1-5H2,(H2,20,21,22,24). The van der Waals surface area contributed by atoms with Crippen molar-refractivity contribution < 1.29 is 14.3 Å². The summed E-state index contributed by atoms with van der Waals surface area (Å²) < 4.78 is 5.52. The molecule has 1 fully saturated rings. The Labute approximate surface area is 145 Å². The van der Waals surface area contributed by atoms with Gasteiger partial charge in [0.15, 0.2) is 5.82 Å². The number of carbonyl (C=O) groups excluding carboxylic acids is 2. The number of hydrogen-bond acceptors (Lipinski definition) is 5. The average molecular weight is 340 g/mol. The zero-order valence-corrected chi connectivity index (χ0v) is 13.8. The largest absolute Gasteiger partial charge is 0.459 e. The molecule has 0 spiro atoms. The topological polar surface area (TPSA) is 93.2 Å². The van der Waals surface area contributed by atoms with Crippen molar-refractivity contribution in [2.24, 2.45) is 0 Å². The number of anilines is 2. The smallest absolute Gasteiger partial charge is 0.338 e. The molecule has 0 atom stereocenters. The third-order valence-corrected chi connectivity index (χ3v) is 4.01. The van der Waals surface area contributed by atoms with Gasteiger partial charge < -0.3 is 10.1 Å². The molecule has 0 unspecified atom stereocenters. The Hall–Kier alpha value is -2.96. The van der Waals surface area contributed by atoms with Gasteiger partial charge in [0.2, 0.25) is 0 Å². The van der Waals surface area contributed by atoms with Crippen molar-refractivity contribution in [3.63, 3.8) is 0 Å². The predicted molar refractivity (Wildman–Crippen MR) is 93.4 cm³/mol. The second-order valence-corrected chi connectivity index (χ2v) is 5.91. The highest BCUT2D eigenvalue weighted by atomic mass is 16.5. The fourth-order valence-electron chi connectivity index (χ4n) is 2.73. The molecule has 2 aromatic rings. The van der Waals surface area contributed by atoms with Crippen LogP contribution in [0.2, 0.25) is 0 Å². The molecule has 0 radical (unpaired) electrons. The van der Waals surface area contributed by atoms with Gasteiger partial charge in [-0.05, 0) is 49.9 Å². The molecule has 0 bridgehead atoms. The van der Waals surface area contributed by atoms with Crippen molar-refractivity contribution in [1.82, 2.24) is 9.97 Å². The van der Waals surface area contributed by atoms with Gasteiger partial charge in [-0.2, -0.15) is 0 Å². The van der Waals surface area contributed by atoms with Gasteiger partial charge in [0.05, 0.1) is 11.8 Å². The molecule has 0 aliphatic heterocycles. The zero-order chi connectivity index (χ0) is 17.5. The average Bonchev–Trinajstić information content (AvgIpc) is 2.64. The molecular weight excluding hydrogens is 320 g/mol. The van der Waals surface area contributed by atoms with Crippen LogP contribution < -0.4 is 10.6 Å². The number of urea groups is 1. The Balaban J connectivity index is 1.52. The first-order valence-corrected chi connectivity index (χ1v) is 8.36. The first kappa shape index (κ1) is 16.9. The molecule has 0 saturated heterocycles. The van der Waals surface area contributed by atoms with Gasteiger partial charge in [-0.25, -0.2) is 14.6 Å². The van der Waals surface area contributed by atoms with Gasteiger partial charge >= 0.3 is 12.0 Å². The molecule has 1 saturated carbocycles. The van der Waals surface area contributed by atoms with E-state index in [0.717, 1.165) is 25.7 Å². The number of ether oxygens (including phenoxy) is 1. The Morgan fingerprint density at radius 3 is 2.44 bits per heavy atom. The molecule has 1 heterocycles. The summed E-state index contributed by atoms with van der Waals surface area (Å²) >= 11 is 0. The van der Waals surface area contributed by atoms with E-state index in [9.17, 15) is 9.59 Å². The summed E-state index contributed by atoms with van der Waals surface area (Å²) in [7, 11) is 0. The van der Waals surface area contributed by atoms with Gasteiger partial charge in [-0.1, -0.05) is 6.42 Å². The van der Waals surface area contributed by atoms with Crippen LogP contribution in [0.3, 0.4) is 0 Å². The van der Waals surface area contributed by atoms with Crippen molar-refractivity contribution >= 4 is 23.5 Å². The number of amides is 2. The fourth-order valence-corrected chi connectivity index (χ4v) is 2.73. The minimum absolute atomic E-state index is 0.0248. The lowest BCUT2D eigenvalue weighted by Gasteiger charge is -2.21. The summed E-state index contributed by atoms with van der Waals surface area (Å²) in [5, 5.41) is 5.23. The van der Waals surface area contributed by atoms with Gasteiger partial charge in [-0.3, -0.25) is 10.3 Å². The number of rotatable bonds is 4. The Kier molecular flexibility index (Phi) is 5.56. The maximum atomic E-state index is 12.2. The van der Waals surface area contributed by atoms with Crippen molar-refractivity contribution in [3.05, 3.63) is 48.4 Å². The third kappa shape index (κ3) is 5.00.